The van der Waals surface area contributed by atoms with E-state index in [0.29, 0.717) is 17.6 Å². The summed E-state index contributed by atoms with van der Waals surface area (Å²) in [7, 11) is 0. The molecule has 1 aromatic heterocycles. The second-order valence-corrected chi connectivity index (χ2v) is 7.03. The molecule has 1 aromatic rings. The Labute approximate surface area is 133 Å². The lowest BCUT2D eigenvalue weighted by atomic mass is 9.85. The van der Waals surface area contributed by atoms with Crippen molar-refractivity contribution in [2.75, 3.05) is 18.4 Å². The summed E-state index contributed by atoms with van der Waals surface area (Å²) >= 11 is 3.44. The van der Waals surface area contributed by atoms with Crippen LogP contribution in [0.15, 0.2) is 15.5 Å². The second kappa shape index (κ2) is 6.92. The van der Waals surface area contributed by atoms with Crippen LogP contribution in [0.2, 0.25) is 0 Å². The number of aromatic nitrogens is 2. The number of nitrogens with zero attached hydrogens (tertiary/aromatic N) is 2. The minimum atomic E-state index is -0.00733. The van der Waals surface area contributed by atoms with E-state index in [2.05, 4.69) is 31.7 Å². The van der Waals surface area contributed by atoms with Gasteiger partial charge in [0, 0.05) is 19.1 Å². The zero-order chi connectivity index (χ0) is 14.7. The number of anilines is 1. The highest BCUT2D eigenvalue weighted by Crippen LogP contribution is 2.27. The predicted octanol–water partition coefficient (Wildman–Crippen LogP) is 2.36. The van der Waals surface area contributed by atoms with E-state index in [1.54, 1.807) is 10.9 Å². The molecule has 0 bridgehead atoms. The molecule has 0 amide bonds. The van der Waals surface area contributed by atoms with Gasteiger partial charge in [0.1, 0.15) is 5.69 Å². The maximum atomic E-state index is 12.5. The van der Waals surface area contributed by atoms with Gasteiger partial charge in [0.25, 0.3) is 5.56 Å². The van der Waals surface area contributed by atoms with E-state index in [1.165, 1.54) is 38.5 Å². The Bertz CT molecular complexity index is 535. The van der Waals surface area contributed by atoms with E-state index in [0.717, 1.165) is 24.1 Å². The van der Waals surface area contributed by atoms with Crippen LogP contribution in [-0.4, -0.2) is 28.9 Å². The maximum absolute atomic E-state index is 12.5. The summed E-state index contributed by atoms with van der Waals surface area (Å²) in [6.45, 7) is 2.62. The highest BCUT2D eigenvalue weighted by molar-refractivity contribution is 9.10. The van der Waals surface area contributed by atoms with Gasteiger partial charge in [0.2, 0.25) is 0 Å². The molecule has 1 aliphatic heterocycles. The van der Waals surface area contributed by atoms with Gasteiger partial charge in [-0.2, -0.15) is 5.10 Å². The van der Waals surface area contributed by atoms with E-state index in [1.807, 2.05) is 0 Å². The largest absolute Gasteiger partial charge is 0.378 e. The predicted molar refractivity (Wildman–Crippen MR) is 87.7 cm³/mol. The second-order valence-electron chi connectivity index (χ2n) is 6.18. The third-order valence-corrected chi connectivity index (χ3v) is 5.19. The molecule has 0 aromatic carbocycles. The number of rotatable bonds is 5. The standard InChI is InChI=1S/C15H23BrN4O/c16-13-9-19-20(10-11-4-3-5-11)15(21)14(13)18-8-12-6-1-2-7-17-12/h9,11-12,17-18H,1-8,10H2. The molecule has 1 aliphatic carbocycles. The third kappa shape index (κ3) is 3.66. The summed E-state index contributed by atoms with van der Waals surface area (Å²) in [6, 6.07) is 0.457. The molecular weight excluding hydrogens is 332 g/mol. The molecule has 1 atom stereocenters. The molecule has 3 rings (SSSR count). The smallest absolute Gasteiger partial charge is 0.291 e. The van der Waals surface area contributed by atoms with Crippen molar-refractivity contribution in [1.82, 2.24) is 15.1 Å². The average molecular weight is 355 g/mol. The number of halogens is 1. The monoisotopic (exact) mass is 354 g/mol. The SMILES string of the molecule is O=c1c(NCC2CCCCN2)c(Br)cnn1CC1CCC1. The highest BCUT2D eigenvalue weighted by atomic mass is 79.9. The fourth-order valence-electron chi connectivity index (χ4n) is 3.00. The Morgan fingerprint density at radius 2 is 2.19 bits per heavy atom. The molecule has 0 radical (unpaired) electrons. The van der Waals surface area contributed by atoms with Gasteiger partial charge in [-0.15, -0.1) is 0 Å². The Morgan fingerprint density at radius 1 is 1.33 bits per heavy atom. The highest BCUT2D eigenvalue weighted by Gasteiger charge is 2.20. The van der Waals surface area contributed by atoms with E-state index in [-0.39, 0.29) is 5.56 Å². The molecule has 1 saturated carbocycles. The van der Waals surface area contributed by atoms with Crippen molar-refractivity contribution >= 4 is 21.6 Å². The molecule has 6 heteroatoms. The first-order valence-corrected chi connectivity index (χ1v) is 8.76. The molecular formula is C15H23BrN4O. The summed E-state index contributed by atoms with van der Waals surface area (Å²) in [6.07, 6.45) is 9.15. The van der Waals surface area contributed by atoms with Crippen LogP contribution < -0.4 is 16.2 Å². The van der Waals surface area contributed by atoms with Gasteiger partial charge in [-0.1, -0.05) is 12.8 Å². The molecule has 116 valence electrons. The summed E-state index contributed by atoms with van der Waals surface area (Å²) in [5.41, 5.74) is 0.642. The zero-order valence-electron chi connectivity index (χ0n) is 12.3. The van der Waals surface area contributed by atoms with E-state index < -0.39 is 0 Å². The van der Waals surface area contributed by atoms with Gasteiger partial charge in [0.05, 0.1) is 10.7 Å². The lowest BCUT2D eigenvalue weighted by Gasteiger charge is -2.26. The Kier molecular flexibility index (Phi) is 4.95. The zero-order valence-corrected chi connectivity index (χ0v) is 13.9. The van der Waals surface area contributed by atoms with Crippen LogP contribution >= 0.6 is 15.9 Å². The summed E-state index contributed by atoms with van der Waals surface area (Å²) in [5.74, 6) is 0.629. The number of hydrogen-bond acceptors (Lipinski definition) is 4. The molecule has 21 heavy (non-hydrogen) atoms. The van der Waals surface area contributed by atoms with Gasteiger partial charge in [-0.05, 0) is 54.1 Å². The van der Waals surface area contributed by atoms with Crippen molar-refractivity contribution in [3.8, 4) is 0 Å². The molecule has 2 aliphatic rings. The maximum Gasteiger partial charge on any atom is 0.291 e. The molecule has 2 heterocycles. The Hall–Kier alpha value is -0.880. The van der Waals surface area contributed by atoms with Crippen LogP contribution in [0.1, 0.15) is 38.5 Å². The van der Waals surface area contributed by atoms with E-state index >= 15 is 0 Å². The molecule has 1 saturated heterocycles. The topological polar surface area (TPSA) is 59.0 Å². The van der Waals surface area contributed by atoms with Gasteiger partial charge >= 0.3 is 0 Å². The Balaban J connectivity index is 1.67. The van der Waals surface area contributed by atoms with Crippen LogP contribution in [0.5, 0.6) is 0 Å². The summed E-state index contributed by atoms with van der Waals surface area (Å²) in [5, 5.41) is 11.1. The van der Waals surface area contributed by atoms with Crippen molar-refractivity contribution in [1.29, 1.82) is 0 Å². The lowest BCUT2D eigenvalue weighted by molar-refractivity contribution is 0.262. The lowest BCUT2D eigenvalue weighted by Crippen LogP contribution is -2.40. The number of piperidine rings is 1. The van der Waals surface area contributed by atoms with Crippen LogP contribution in [0.25, 0.3) is 0 Å². The van der Waals surface area contributed by atoms with Crippen LogP contribution in [0.3, 0.4) is 0 Å². The first kappa shape index (κ1) is 15.0. The molecule has 5 nitrogen and oxygen atoms in total. The van der Waals surface area contributed by atoms with Crippen molar-refractivity contribution in [2.24, 2.45) is 5.92 Å². The molecule has 0 spiro atoms. The minimum Gasteiger partial charge on any atom is -0.378 e. The van der Waals surface area contributed by atoms with Crippen molar-refractivity contribution < 1.29 is 0 Å². The van der Waals surface area contributed by atoms with Crippen molar-refractivity contribution in [2.45, 2.75) is 51.1 Å². The normalized spacial score (nSPS) is 22.8. The summed E-state index contributed by atoms with van der Waals surface area (Å²) in [4.78, 5) is 12.5. The molecule has 2 fully saturated rings. The number of hydrogen-bond donors (Lipinski definition) is 2. The molecule has 2 N–H and O–H groups in total. The van der Waals surface area contributed by atoms with Gasteiger partial charge in [-0.25, -0.2) is 4.68 Å². The first-order valence-electron chi connectivity index (χ1n) is 7.97. The van der Waals surface area contributed by atoms with Crippen LogP contribution in [0, 0.1) is 5.92 Å². The van der Waals surface area contributed by atoms with Gasteiger partial charge in [0.15, 0.2) is 0 Å². The fraction of sp³-hybridized carbons (Fsp3) is 0.733. The summed E-state index contributed by atoms with van der Waals surface area (Å²) < 4.78 is 2.37. The quantitative estimate of drug-likeness (QED) is 0.851. The van der Waals surface area contributed by atoms with E-state index in [9.17, 15) is 4.79 Å². The minimum absolute atomic E-state index is 0.00733. The third-order valence-electron chi connectivity index (χ3n) is 4.59. The van der Waals surface area contributed by atoms with Gasteiger partial charge in [-0.3, -0.25) is 4.79 Å². The van der Waals surface area contributed by atoms with Crippen molar-refractivity contribution in [3.05, 3.63) is 21.0 Å². The average Bonchev–Trinajstić information content (AvgIpc) is 2.45. The van der Waals surface area contributed by atoms with Crippen molar-refractivity contribution in [3.63, 3.8) is 0 Å². The first-order chi connectivity index (χ1) is 10.2. The number of nitrogens with one attached hydrogen (secondary N) is 2. The van der Waals surface area contributed by atoms with Gasteiger partial charge < -0.3 is 10.6 Å². The van der Waals surface area contributed by atoms with Crippen LogP contribution in [0.4, 0.5) is 5.69 Å². The molecule has 1 unspecified atom stereocenters. The van der Waals surface area contributed by atoms with E-state index in [4.69, 9.17) is 0 Å². The fourth-order valence-corrected chi connectivity index (χ4v) is 3.40. The Morgan fingerprint density at radius 3 is 2.86 bits per heavy atom. The van der Waals surface area contributed by atoms with Crippen LogP contribution in [-0.2, 0) is 6.54 Å².